The number of nitrogens with zero attached hydrogens (tertiary/aromatic N) is 3. The van der Waals surface area contributed by atoms with Gasteiger partial charge in [-0.2, -0.15) is 4.98 Å². The quantitative estimate of drug-likeness (QED) is 0.940. The normalized spacial score (nSPS) is 18.2. The van der Waals surface area contributed by atoms with Crippen LogP contribution in [-0.4, -0.2) is 23.1 Å². The summed E-state index contributed by atoms with van der Waals surface area (Å²) in [5, 5.41) is 0. The van der Waals surface area contributed by atoms with Crippen molar-refractivity contribution in [1.29, 1.82) is 0 Å². The monoisotopic (exact) mass is 318 g/mol. The summed E-state index contributed by atoms with van der Waals surface area (Å²) in [6, 6.07) is 5.66. The van der Waals surface area contributed by atoms with Crippen molar-refractivity contribution in [2.45, 2.75) is 25.7 Å². The molecule has 0 unspecified atom stereocenters. The first-order valence-corrected chi connectivity index (χ1v) is 7.89. The first-order chi connectivity index (χ1) is 11.1. The van der Waals surface area contributed by atoms with Crippen LogP contribution < -0.4 is 10.6 Å². The van der Waals surface area contributed by atoms with Crippen LogP contribution in [0.2, 0.25) is 0 Å². The molecule has 23 heavy (non-hydrogen) atoms. The standard InChI is InChI=1S/C17H20F2N4/c18-14-6-5-13(15(19)10-14)4-3-12-2-1-9-23(11-12)16-7-8-21-17(20)22-16/h5-8,10,12H,1-4,9,11H2,(H2,20,21,22)/t12-/m0/s1. The topological polar surface area (TPSA) is 55.0 Å². The average Bonchev–Trinajstić information content (AvgIpc) is 2.54. The molecular weight excluding hydrogens is 298 g/mol. The van der Waals surface area contributed by atoms with Gasteiger partial charge in [0.1, 0.15) is 17.5 Å². The second kappa shape index (κ2) is 6.89. The van der Waals surface area contributed by atoms with Gasteiger partial charge in [-0.15, -0.1) is 0 Å². The number of nitrogen functional groups attached to an aromatic ring is 1. The molecule has 0 saturated carbocycles. The van der Waals surface area contributed by atoms with E-state index in [-0.39, 0.29) is 5.95 Å². The molecule has 2 heterocycles. The molecule has 1 aliphatic rings. The SMILES string of the molecule is Nc1nccc(N2CCC[C@@H](CCc3ccc(F)cc3F)C2)n1. The molecule has 0 amide bonds. The van der Waals surface area contributed by atoms with E-state index in [9.17, 15) is 8.78 Å². The van der Waals surface area contributed by atoms with Crippen molar-refractivity contribution < 1.29 is 8.78 Å². The van der Waals surface area contributed by atoms with E-state index in [1.807, 2.05) is 6.07 Å². The molecule has 1 fully saturated rings. The third-order valence-corrected chi connectivity index (χ3v) is 4.34. The number of hydrogen-bond donors (Lipinski definition) is 1. The van der Waals surface area contributed by atoms with Crippen LogP contribution in [0.1, 0.15) is 24.8 Å². The van der Waals surface area contributed by atoms with Gasteiger partial charge in [-0.1, -0.05) is 6.07 Å². The van der Waals surface area contributed by atoms with Crippen molar-refractivity contribution in [3.8, 4) is 0 Å². The molecule has 122 valence electrons. The van der Waals surface area contributed by atoms with Crippen molar-refractivity contribution in [2.24, 2.45) is 5.92 Å². The van der Waals surface area contributed by atoms with Gasteiger partial charge in [0.25, 0.3) is 0 Å². The van der Waals surface area contributed by atoms with E-state index in [0.29, 0.717) is 17.9 Å². The van der Waals surface area contributed by atoms with Gasteiger partial charge in [-0.05, 0) is 49.3 Å². The second-order valence-corrected chi connectivity index (χ2v) is 6.00. The molecule has 1 aromatic heterocycles. The van der Waals surface area contributed by atoms with Crippen molar-refractivity contribution in [2.75, 3.05) is 23.7 Å². The molecule has 2 N–H and O–H groups in total. The van der Waals surface area contributed by atoms with Gasteiger partial charge in [0.2, 0.25) is 5.95 Å². The van der Waals surface area contributed by atoms with Crippen LogP contribution in [0.15, 0.2) is 30.5 Å². The molecule has 0 spiro atoms. The second-order valence-electron chi connectivity index (χ2n) is 6.00. The van der Waals surface area contributed by atoms with Gasteiger partial charge in [-0.25, -0.2) is 13.8 Å². The Hall–Kier alpha value is -2.24. The molecule has 1 atom stereocenters. The van der Waals surface area contributed by atoms with Crippen LogP contribution in [0.4, 0.5) is 20.5 Å². The minimum absolute atomic E-state index is 0.276. The highest BCUT2D eigenvalue weighted by atomic mass is 19.1. The van der Waals surface area contributed by atoms with Gasteiger partial charge in [0.05, 0.1) is 0 Å². The average molecular weight is 318 g/mol. The van der Waals surface area contributed by atoms with Crippen molar-refractivity contribution >= 4 is 11.8 Å². The Labute approximate surface area is 134 Å². The summed E-state index contributed by atoms with van der Waals surface area (Å²) in [7, 11) is 0. The Kier molecular flexibility index (Phi) is 4.69. The number of anilines is 2. The number of benzene rings is 1. The number of aromatic nitrogens is 2. The van der Waals surface area contributed by atoms with Crippen LogP contribution in [0.5, 0.6) is 0 Å². The number of hydrogen-bond acceptors (Lipinski definition) is 4. The number of rotatable bonds is 4. The molecule has 1 saturated heterocycles. The lowest BCUT2D eigenvalue weighted by Crippen LogP contribution is -2.36. The van der Waals surface area contributed by atoms with Crippen LogP contribution in [-0.2, 0) is 6.42 Å². The lowest BCUT2D eigenvalue weighted by Gasteiger charge is -2.33. The molecule has 1 aromatic carbocycles. The first kappa shape index (κ1) is 15.6. The Bertz CT molecular complexity index is 677. The maximum Gasteiger partial charge on any atom is 0.221 e. The Morgan fingerprint density at radius 2 is 2.13 bits per heavy atom. The summed E-state index contributed by atoms with van der Waals surface area (Å²) in [6.07, 6.45) is 5.34. The van der Waals surface area contributed by atoms with Crippen LogP contribution in [0, 0.1) is 17.6 Å². The van der Waals surface area contributed by atoms with E-state index >= 15 is 0 Å². The maximum atomic E-state index is 13.7. The molecule has 0 radical (unpaired) electrons. The zero-order chi connectivity index (χ0) is 16.2. The molecule has 4 nitrogen and oxygen atoms in total. The minimum atomic E-state index is -0.531. The molecule has 2 aromatic rings. The number of halogens is 2. The Balaban J connectivity index is 1.60. The highest BCUT2D eigenvalue weighted by molar-refractivity contribution is 5.41. The maximum absolute atomic E-state index is 13.7. The van der Waals surface area contributed by atoms with E-state index < -0.39 is 11.6 Å². The fourth-order valence-corrected chi connectivity index (χ4v) is 3.13. The number of nitrogens with two attached hydrogens (primary N) is 1. The fourth-order valence-electron chi connectivity index (χ4n) is 3.13. The van der Waals surface area contributed by atoms with Crippen LogP contribution >= 0.6 is 0 Å². The fraction of sp³-hybridized carbons (Fsp3) is 0.412. The van der Waals surface area contributed by atoms with Gasteiger partial charge >= 0.3 is 0 Å². The molecule has 6 heteroatoms. The third-order valence-electron chi connectivity index (χ3n) is 4.34. The zero-order valence-electron chi connectivity index (χ0n) is 12.9. The van der Waals surface area contributed by atoms with Crippen LogP contribution in [0.3, 0.4) is 0 Å². The molecule has 1 aliphatic heterocycles. The van der Waals surface area contributed by atoms with Crippen molar-refractivity contribution in [3.63, 3.8) is 0 Å². The molecule has 3 rings (SSSR count). The van der Waals surface area contributed by atoms with E-state index in [1.54, 1.807) is 6.20 Å². The van der Waals surface area contributed by atoms with E-state index in [2.05, 4.69) is 14.9 Å². The Morgan fingerprint density at radius 3 is 2.91 bits per heavy atom. The predicted octanol–water partition coefficient (Wildman–Crippen LogP) is 3.19. The molecule has 0 aliphatic carbocycles. The predicted molar refractivity (Wildman–Crippen MR) is 86.1 cm³/mol. The summed E-state index contributed by atoms with van der Waals surface area (Å²) in [4.78, 5) is 10.4. The van der Waals surface area contributed by atoms with Gasteiger partial charge in [0.15, 0.2) is 0 Å². The van der Waals surface area contributed by atoms with Crippen molar-refractivity contribution in [3.05, 3.63) is 47.7 Å². The molecule has 0 bridgehead atoms. The van der Waals surface area contributed by atoms with E-state index in [1.165, 1.54) is 12.1 Å². The molecular formula is C17H20F2N4. The highest BCUT2D eigenvalue weighted by Crippen LogP contribution is 2.25. The van der Waals surface area contributed by atoms with Gasteiger partial charge < -0.3 is 10.6 Å². The van der Waals surface area contributed by atoms with Gasteiger partial charge in [-0.3, -0.25) is 0 Å². The first-order valence-electron chi connectivity index (χ1n) is 7.89. The highest BCUT2D eigenvalue weighted by Gasteiger charge is 2.21. The lowest BCUT2D eigenvalue weighted by molar-refractivity contribution is 0.388. The van der Waals surface area contributed by atoms with Crippen LogP contribution in [0.25, 0.3) is 0 Å². The minimum Gasteiger partial charge on any atom is -0.368 e. The third kappa shape index (κ3) is 3.94. The summed E-state index contributed by atoms with van der Waals surface area (Å²) < 4.78 is 26.7. The lowest BCUT2D eigenvalue weighted by atomic mass is 9.91. The number of piperidine rings is 1. The summed E-state index contributed by atoms with van der Waals surface area (Å²) in [6.45, 7) is 1.82. The smallest absolute Gasteiger partial charge is 0.221 e. The van der Waals surface area contributed by atoms with Gasteiger partial charge in [0, 0.05) is 25.4 Å². The van der Waals surface area contributed by atoms with E-state index in [0.717, 1.165) is 44.2 Å². The zero-order valence-corrected chi connectivity index (χ0v) is 12.9. The number of aryl methyl sites for hydroxylation is 1. The largest absolute Gasteiger partial charge is 0.368 e. The van der Waals surface area contributed by atoms with Crippen molar-refractivity contribution in [1.82, 2.24) is 9.97 Å². The summed E-state index contributed by atoms with van der Waals surface area (Å²) >= 11 is 0. The summed E-state index contributed by atoms with van der Waals surface area (Å²) in [5.41, 5.74) is 6.22. The summed E-state index contributed by atoms with van der Waals surface area (Å²) in [5.74, 6) is 0.593. The van der Waals surface area contributed by atoms with E-state index in [4.69, 9.17) is 5.73 Å². The Morgan fingerprint density at radius 1 is 1.26 bits per heavy atom.